The SMILES string of the molecule is O=[N+]([O-])/[C]=C/c1ccccc1. The molecule has 0 saturated heterocycles. The first-order chi connectivity index (χ1) is 5.29. The fourth-order valence-corrected chi connectivity index (χ4v) is 0.677. The van der Waals surface area contributed by atoms with Crippen molar-refractivity contribution in [1.82, 2.24) is 0 Å². The topological polar surface area (TPSA) is 43.1 Å². The molecule has 1 radical (unpaired) electrons. The smallest absolute Gasteiger partial charge is 0.258 e. The summed E-state index contributed by atoms with van der Waals surface area (Å²) < 4.78 is 0. The molecule has 1 rings (SSSR count). The molecule has 0 bridgehead atoms. The molecule has 0 atom stereocenters. The van der Waals surface area contributed by atoms with Gasteiger partial charge >= 0.3 is 6.20 Å². The van der Waals surface area contributed by atoms with Crippen molar-refractivity contribution in [2.24, 2.45) is 0 Å². The Morgan fingerprint density at radius 2 is 2.00 bits per heavy atom. The largest absolute Gasteiger partial charge is 0.346 e. The normalized spacial score (nSPS) is 10.2. The quantitative estimate of drug-likeness (QED) is 0.364. The Bertz CT molecular complexity index is 267. The summed E-state index contributed by atoms with van der Waals surface area (Å²) in [5.74, 6) is 0. The van der Waals surface area contributed by atoms with Gasteiger partial charge in [-0.05, 0) is 5.56 Å². The number of rotatable bonds is 2. The maximum Gasteiger partial charge on any atom is 0.346 e. The van der Waals surface area contributed by atoms with Gasteiger partial charge in [0.05, 0.1) is 4.92 Å². The van der Waals surface area contributed by atoms with Gasteiger partial charge < -0.3 is 0 Å². The fourth-order valence-electron chi connectivity index (χ4n) is 0.677. The van der Waals surface area contributed by atoms with E-state index in [1.807, 2.05) is 24.4 Å². The zero-order chi connectivity index (χ0) is 8.10. The molecule has 0 fully saturated rings. The molecule has 0 unspecified atom stereocenters. The van der Waals surface area contributed by atoms with Crippen LogP contribution in [0, 0.1) is 16.3 Å². The summed E-state index contributed by atoms with van der Waals surface area (Å²) in [6.45, 7) is 0. The van der Waals surface area contributed by atoms with Crippen LogP contribution in [0.3, 0.4) is 0 Å². The van der Waals surface area contributed by atoms with Crippen LogP contribution in [0.15, 0.2) is 30.3 Å². The van der Waals surface area contributed by atoms with Crippen LogP contribution >= 0.6 is 0 Å². The molecule has 0 aliphatic rings. The molecule has 0 amide bonds. The highest BCUT2D eigenvalue weighted by atomic mass is 16.6. The van der Waals surface area contributed by atoms with Crippen molar-refractivity contribution in [2.75, 3.05) is 0 Å². The van der Waals surface area contributed by atoms with Gasteiger partial charge in [0.25, 0.3) is 0 Å². The lowest BCUT2D eigenvalue weighted by atomic mass is 10.2. The van der Waals surface area contributed by atoms with Crippen LogP contribution in [0.5, 0.6) is 0 Å². The lowest BCUT2D eigenvalue weighted by Gasteiger charge is -1.85. The van der Waals surface area contributed by atoms with E-state index in [-0.39, 0.29) is 0 Å². The summed E-state index contributed by atoms with van der Waals surface area (Å²) in [6.07, 6.45) is 3.29. The Balaban J connectivity index is 2.72. The van der Waals surface area contributed by atoms with E-state index in [1.54, 1.807) is 12.1 Å². The van der Waals surface area contributed by atoms with Gasteiger partial charge in [-0.25, -0.2) is 0 Å². The van der Waals surface area contributed by atoms with Crippen molar-refractivity contribution < 1.29 is 4.92 Å². The van der Waals surface area contributed by atoms with Gasteiger partial charge in [0.1, 0.15) is 0 Å². The maximum atomic E-state index is 9.84. The van der Waals surface area contributed by atoms with Crippen molar-refractivity contribution in [1.29, 1.82) is 0 Å². The first-order valence-corrected chi connectivity index (χ1v) is 3.08. The lowest BCUT2D eigenvalue weighted by molar-refractivity contribution is -0.417. The second kappa shape index (κ2) is 3.51. The van der Waals surface area contributed by atoms with Gasteiger partial charge in [0.15, 0.2) is 0 Å². The number of hydrogen-bond acceptors (Lipinski definition) is 2. The van der Waals surface area contributed by atoms with Gasteiger partial charge in [0.2, 0.25) is 0 Å². The van der Waals surface area contributed by atoms with Crippen molar-refractivity contribution >= 4 is 6.08 Å². The fraction of sp³-hybridized carbons (Fsp3) is 0. The van der Waals surface area contributed by atoms with Crippen LogP contribution < -0.4 is 0 Å². The number of nitrogens with zero attached hydrogens (tertiary/aromatic N) is 1. The van der Waals surface area contributed by atoms with E-state index in [2.05, 4.69) is 0 Å². The summed E-state index contributed by atoms with van der Waals surface area (Å²) >= 11 is 0. The lowest BCUT2D eigenvalue weighted by Crippen LogP contribution is -1.83. The molecule has 0 heterocycles. The van der Waals surface area contributed by atoms with Gasteiger partial charge in [-0.2, -0.15) is 0 Å². The third-order valence-electron chi connectivity index (χ3n) is 1.14. The summed E-state index contributed by atoms with van der Waals surface area (Å²) in [5, 5.41) is 9.84. The van der Waals surface area contributed by atoms with Crippen LogP contribution in [-0.2, 0) is 0 Å². The summed E-state index contributed by atoms with van der Waals surface area (Å²) in [7, 11) is 0. The number of nitro groups is 1. The van der Waals surface area contributed by atoms with E-state index < -0.39 is 4.92 Å². The molecule has 1 aromatic carbocycles. The van der Waals surface area contributed by atoms with E-state index in [1.165, 1.54) is 6.08 Å². The molecule has 0 N–H and O–H groups in total. The average molecular weight is 148 g/mol. The molecule has 0 aromatic heterocycles. The average Bonchev–Trinajstić information content (AvgIpc) is 2.03. The molecule has 0 spiro atoms. The third kappa shape index (κ3) is 2.62. The molecular weight excluding hydrogens is 142 g/mol. The minimum atomic E-state index is -0.604. The highest BCUT2D eigenvalue weighted by Gasteiger charge is 1.89. The van der Waals surface area contributed by atoms with E-state index >= 15 is 0 Å². The maximum absolute atomic E-state index is 9.84. The van der Waals surface area contributed by atoms with E-state index in [9.17, 15) is 10.1 Å². The highest BCUT2D eigenvalue weighted by Crippen LogP contribution is 1.99. The van der Waals surface area contributed by atoms with Gasteiger partial charge in [0, 0.05) is 6.08 Å². The minimum Gasteiger partial charge on any atom is -0.258 e. The monoisotopic (exact) mass is 148 g/mol. The molecule has 0 saturated carbocycles. The predicted molar refractivity (Wildman–Crippen MR) is 41.1 cm³/mol. The van der Waals surface area contributed by atoms with Crippen molar-refractivity contribution in [2.45, 2.75) is 0 Å². The Morgan fingerprint density at radius 1 is 1.36 bits per heavy atom. The third-order valence-corrected chi connectivity index (χ3v) is 1.14. The highest BCUT2D eigenvalue weighted by molar-refractivity contribution is 5.45. The molecule has 3 heteroatoms. The molecular formula is C8H6NO2. The predicted octanol–water partition coefficient (Wildman–Crippen LogP) is 1.74. The summed E-state index contributed by atoms with van der Waals surface area (Å²) in [6, 6.07) is 9.03. The zero-order valence-electron chi connectivity index (χ0n) is 5.73. The summed E-state index contributed by atoms with van der Waals surface area (Å²) in [4.78, 5) is 9.23. The van der Waals surface area contributed by atoms with Crippen molar-refractivity contribution in [3.05, 3.63) is 52.2 Å². The van der Waals surface area contributed by atoms with Crippen LogP contribution in [0.2, 0.25) is 0 Å². The van der Waals surface area contributed by atoms with Crippen molar-refractivity contribution in [3.63, 3.8) is 0 Å². The molecule has 3 nitrogen and oxygen atoms in total. The second-order valence-corrected chi connectivity index (χ2v) is 1.94. The van der Waals surface area contributed by atoms with Crippen LogP contribution in [0.1, 0.15) is 5.56 Å². The molecule has 1 aromatic rings. The van der Waals surface area contributed by atoms with Crippen molar-refractivity contribution in [3.8, 4) is 0 Å². The van der Waals surface area contributed by atoms with Crippen LogP contribution in [-0.4, -0.2) is 4.92 Å². The van der Waals surface area contributed by atoms with E-state index in [4.69, 9.17) is 0 Å². The zero-order valence-corrected chi connectivity index (χ0v) is 5.73. The Labute approximate surface area is 64.1 Å². The molecule has 55 valence electrons. The number of hydrogen-bond donors (Lipinski definition) is 0. The molecule has 0 aliphatic carbocycles. The molecule has 0 aliphatic heterocycles. The summed E-state index contributed by atoms with van der Waals surface area (Å²) in [5.41, 5.74) is 0.782. The van der Waals surface area contributed by atoms with Crippen LogP contribution in [0.25, 0.3) is 6.08 Å². The second-order valence-electron chi connectivity index (χ2n) is 1.94. The Hall–Kier alpha value is -1.64. The molecule has 11 heavy (non-hydrogen) atoms. The van der Waals surface area contributed by atoms with E-state index in [0.717, 1.165) is 5.56 Å². The van der Waals surface area contributed by atoms with Crippen LogP contribution in [0.4, 0.5) is 0 Å². The Morgan fingerprint density at radius 3 is 2.55 bits per heavy atom. The number of benzene rings is 1. The van der Waals surface area contributed by atoms with Gasteiger partial charge in [-0.3, -0.25) is 10.1 Å². The van der Waals surface area contributed by atoms with Gasteiger partial charge in [-0.1, -0.05) is 30.3 Å². The first kappa shape index (κ1) is 7.47. The standard InChI is InChI=1S/C8H6NO2/c10-9(11)7-6-8-4-2-1-3-5-8/h1-6H. The van der Waals surface area contributed by atoms with E-state index in [0.29, 0.717) is 0 Å². The van der Waals surface area contributed by atoms with Gasteiger partial charge in [-0.15, -0.1) is 0 Å². The first-order valence-electron chi connectivity index (χ1n) is 3.08. The minimum absolute atomic E-state index is 0.604. The Kier molecular flexibility index (Phi) is 2.38.